The minimum atomic E-state index is 0.396. The van der Waals surface area contributed by atoms with Crippen molar-refractivity contribution in [3.05, 3.63) is 21.7 Å². The Bertz CT molecular complexity index is 456. The Labute approximate surface area is 116 Å². The van der Waals surface area contributed by atoms with Crippen molar-refractivity contribution in [3.8, 4) is 0 Å². The lowest BCUT2D eigenvalue weighted by Gasteiger charge is -2.26. The summed E-state index contributed by atoms with van der Waals surface area (Å²) in [5, 5.41) is 10.9. The first-order chi connectivity index (χ1) is 8.63. The highest BCUT2D eigenvalue weighted by molar-refractivity contribution is 9.10. The maximum Gasteiger partial charge on any atom is 0.0642 e. The van der Waals surface area contributed by atoms with E-state index in [1.165, 1.54) is 6.21 Å². The molecule has 0 radical (unpaired) electrons. The molecular weight excluding hydrogens is 294 g/mol. The van der Waals surface area contributed by atoms with E-state index in [0.29, 0.717) is 11.7 Å². The molecule has 1 heterocycles. The van der Waals surface area contributed by atoms with Crippen molar-refractivity contribution in [1.29, 1.82) is 5.41 Å². The quantitative estimate of drug-likeness (QED) is 0.593. The van der Waals surface area contributed by atoms with Gasteiger partial charge >= 0.3 is 0 Å². The van der Waals surface area contributed by atoms with Gasteiger partial charge < -0.3 is 21.2 Å². The molecule has 1 aliphatic rings. The van der Waals surface area contributed by atoms with Crippen molar-refractivity contribution < 1.29 is 4.74 Å². The molecule has 18 heavy (non-hydrogen) atoms. The molecule has 0 unspecified atom stereocenters. The Morgan fingerprint density at radius 3 is 2.78 bits per heavy atom. The molecule has 1 aliphatic heterocycles. The summed E-state index contributed by atoms with van der Waals surface area (Å²) in [5.74, 6) is 0. The number of hydrogen-bond acceptors (Lipinski definition) is 4. The van der Waals surface area contributed by atoms with E-state index in [4.69, 9.17) is 15.9 Å². The summed E-state index contributed by atoms with van der Waals surface area (Å²) < 4.78 is 6.33. The molecule has 0 aliphatic carbocycles. The minimum Gasteiger partial charge on any atom is -0.397 e. The zero-order chi connectivity index (χ0) is 13.1. The number of hydrogen-bond donors (Lipinski definition) is 3. The van der Waals surface area contributed by atoms with E-state index in [1.807, 2.05) is 13.0 Å². The molecule has 0 aromatic heterocycles. The van der Waals surface area contributed by atoms with Crippen molar-refractivity contribution in [2.24, 2.45) is 0 Å². The van der Waals surface area contributed by atoms with Crippen LogP contribution in [0.15, 0.2) is 10.5 Å². The first-order valence-corrected chi connectivity index (χ1v) is 6.86. The van der Waals surface area contributed by atoms with Crippen LogP contribution in [0.2, 0.25) is 0 Å². The molecule has 1 aromatic carbocycles. The largest absolute Gasteiger partial charge is 0.397 e. The molecule has 0 bridgehead atoms. The Hall–Kier alpha value is -1.07. The van der Waals surface area contributed by atoms with Gasteiger partial charge in [-0.05, 0) is 31.4 Å². The van der Waals surface area contributed by atoms with Crippen LogP contribution in [0.1, 0.15) is 24.0 Å². The molecule has 0 saturated carbocycles. The highest BCUT2D eigenvalue weighted by Crippen LogP contribution is 2.33. The van der Waals surface area contributed by atoms with Crippen molar-refractivity contribution in [2.75, 3.05) is 24.3 Å². The zero-order valence-electron chi connectivity index (χ0n) is 10.4. The number of benzene rings is 1. The van der Waals surface area contributed by atoms with Gasteiger partial charge in [0.05, 0.1) is 11.4 Å². The van der Waals surface area contributed by atoms with Crippen molar-refractivity contribution in [1.82, 2.24) is 0 Å². The molecule has 1 saturated heterocycles. The average Bonchev–Trinajstić information content (AvgIpc) is 2.40. The van der Waals surface area contributed by atoms with Crippen LogP contribution in [0.4, 0.5) is 11.4 Å². The van der Waals surface area contributed by atoms with Crippen LogP contribution in [-0.4, -0.2) is 25.5 Å². The third-order valence-electron chi connectivity index (χ3n) is 3.32. The van der Waals surface area contributed by atoms with E-state index in [9.17, 15) is 0 Å². The fourth-order valence-corrected chi connectivity index (χ4v) is 2.58. The molecule has 2 rings (SSSR count). The summed E-state index contributed by atoms with van der Waals surface area (Å²) >= 11 is 3.51. The van der Waals surface area contributed by atoms with E-state index < -0.39 is 0 Å². The fraction of sp³-hybridized carbons (Fsp3) is 0.462. The number of rotatable bonds is 3. The lowest BCUT2D eigenvalue weighted by Crippen LogP contribution is -2.28. The van der Waals surface area contributed by atoms with Crippen molar-refractivity contribution >= 4 is 33.5 Å². The van der Waals surface area contributed by atoms with E-state index >= 15 is 0 Å². The van der Waals surface area contributed by atoms with Gasteiger partial charge in [0.15, 0.2) is 0 Å². The molecule has 1 aromatic rings. The predicted molar refractivity (Wildman–Crippen MR) is 78.6 cm³/mol. The topological polar surface area (TPSA) is 71.1 Å². The average molecular weight is 312 g/mol. The molecule has 5 heteroatoms. The van der Waals surface area contributed by atoms with Gasteiger partial charge in [-0.2, -0.15) is 0 Å². The van der Waals surface area contributed by atoms with Gasteiger partial charge in [0, 0.05) is 35.5 Å². The fourth-order valence-electron chi connectivity index (χ4n) is 2.14. The van der Waals surface area contributed by atoms with E-state index in [1.54, 1.807) is 0 Å². The van der Waals surface area contributed by atoms with Gasteiger partial charge in [-0.3, -0.25) is 0 Å². The molecule has 4 N–H and O–H groups in total. The standard InChI is InChI=1S/C13H18BrN3O/c1-8-11(14)6-9(7-15)12(16)13(8)17-10-2-4-18-5-3-10/h6-7,10,15,17H,2-5,16H2,1H3. The lowest BCUT2D eigenvalue weighted by atomic mass is 10.0. The summed E-state index contributed by atoms with van der Waals surface area (Å²) in [6.45, 7) is 3.61. The number of nitrogen functional groups attached to an aromatic ring is 1. The predicted octanol–water partition coefficient (Wildman–Crippen LogP) is 2.93. The number of nitrogens with two attached hydrogens (primary N) is 1. The Kier molecular flexibility index (Phi) is 4.24. The smallest absolute Gasteiger partial charge is 0.0642 e. The third kappa shape index (κ3) is 2.67. The van der Waals surface area contributed by atoms with E-state index in [-0.39, 0.29) is 0 Å². The monoisotopic (exact) mass is 311 g/mol. The summed E-state index contributed by atoms with van der Waals surface area (Å²) in [4.78, 5) is 0. The van der Waals surface area contributed by atoms with E-state index in [2.05, 4.69) is 21.2 Å². The molecule has 98 valence electrons. The van der Waals surface area contributed by atoms with Crippen LogP contribution in [0, 0.1) is 12.3 Å². The molecule has 0 amide bonds. The molecule has 4 nitrogen and oxygen atoms in total. The maximum atomic E-state index is 7.39. The second-order valence-corrected chi connectivity index (χ2v) is 5.39. The number of halogens is 1. The highest BCUT2D eigenvalue weighted by Gasteiger charge is 2.17. The van der Waals surface area contributed by atoms with Gasteiger partial charge in [-0.15, -0.1) is 0 Å². The SMILES string of the molecule is Cc1c(Br)cc(C=N)c(N)c1NC1CCOCC1. The van der Waals surface area contributed by atoms with Crippen LogP contribution in [0.5, 0.6) is 0 Å². The molecular formula is C13H18BrN3O. The van der Waals surface area contributed by atoms with Gasteiger partial charge in [-0.1, -0.05) is 15.9 Å². The van der Waals surface area contributed by atoms with Gasteiger partial charge in [0.1, 0.15) is 0 Å². The van der Waals surface area contributed by atoms with Crippen molar-refractivity contribution in [2.45, 2.75) is 25.8 Å². The Balaban J connectivity index is 2.30. The van der Waals surface area contributed by atoms with Crippen LogP contribution < -0.4 is 11.1 Å². The zero-order valence-corrected chi connectivity index (χ0v) is 12.0. The van der Waals surface area contributed by atoms with Crippen molar-refractivity contribution in [3.63, 3.8) is 0 Å². The number of nitrogens with one attached hydrogen (secondary N) is 2. The number of ether oxygens (including phenoxy) is 1. The summed E-state index contributed by atoms with van der Waals surface area (Å²) in [6.07, 6.45) is 3.27. The second kappa shape index (κ2) is 5.71. The molecule has 1 fully saturated rings. The van der Waals surface area contributed by atoms with Crippen LogP contribution in [0.25, 0.3) is 0 Å². The Morgan fingerprint density at radius 1 is 1.50 bits per heavy atom. The summed E-state index contributed by atoms with van der Waals surface area (Å²) in [7, 11) is 0. The van der Waals surface area contributed by atoms with Gasteiger partial charge in [-0.25, -0.2) is 0 Å². The minimum absolute atomic E-state index is 0.396. The lowest BCUT2D eigenvalue weighted by molar-refractivity contribution is 0.0904. The first kappa shape index (κ1) is 13.4. The summed E-state index contributed by atoms with van der Waals surface area (Å²) in [6, 6.07) is 2.28. The van der Waals surface area contributed by atoms with E-state index in [0.717, 1.165) is 47.3 Å². The van der Waals surface area contributed by atoms with Crippen LogP contribution >= 0.6 is 15.9 Å². The highest BCUT2D eigenvalue weighted by atomic mass is 79.9. The summed E-state index contributed by atoms with van der Waals surface area (Å²) in [5.41, 5.74) is 9.53. The molecule has 0 spiro atoms. The third-order valence-corrected chi connectivity index (χ3v) is 4.14. The Morgan fingerprint density at radius 2 is 2.17 bits per heavy atom. The van der Waals surface area contributed by atoms with Gasteiger partial charge in [0.2, 0.25) is 0 Å². The maximum absolute atomic E-state index is 7.39. The molecule has 0 atom stereocenters. The van der Waals surface area contributed by atoms with Gasteiger partial charge in [0.25, 0.3) is 0 Å². The number of anilines is 2. The van der Waals surface area contributed by atoms with Crippen LogP contribution in [0.3, 0.4) is 0 Å². The first-order valence-electron chi connectivity index (χ1n) is 6.06. The second-order valence-electron chi connectivity index (χ2n) is 4.54. The normalized spacial score (nSPS) is 16.6. The van der Waals surface area contributed by atoms with Crippen LogP contribution in [-0.2, 0) is 4.74 Å².